The van der Waals surface area contributed by atoms with Gasteiger partial charge in [-0.1, -0.05) is 68.9 Å². The molecule has 0 spiro atoms. The van der Waals surface area contributed by atoms with Gasteiger partial charge in [0.2, 0.25) is 5.91 Å². The molecule has 1 aromatic heterocycles. The molecule has 7 heteroatoms. The van der Waals surface area contributed by atoms with Crippen molar-refractivity contribution in [1.29, 1.82) is 0 Å². The number of aryl methyl sites for hydroxylation is 1. The molecule has 0 aliphatic carbocycles. The van der Waals surface area contributed by atoms with E-state index in [1.165, 1.54) is 11.8 Å². The van der Waals surface area contributed by atoms with E-state index < -0.39 is 0 Å². The fourth-order valence-corrected chi connectivity index (χ4v) is 4.63. The molecule has 0 atom stereocenters. The normalized spacial score (nSPS) is 11.5. The maximum Gasteiger partial charge on any atom is 0.266 e. The monoisotopic (exact) mass is 487 g/mol. The molecule has 3 aromatic carbocycles. The predicted octanol–water partition coefficient (Wildman–Crippen LogP) is 5.73. The summed E-state index contributed by atoms with van der Waals surface area (Å²) in [6.07, 6.45) is 0. The average molecular weight is 488 g/mol. The smallest absolute Gasteiger partial charge is 0.266 e. The second kappa shape index (κ2) is 9.96. The molecule has 0 fully saturated rings. The summed E-state index contributed by atoms with van der Waals surface area (Å²) in [6, 6.07) is 20.7. The van der Waals surface area contributed by atoms with E-state index in [4.69, 9.17) is 9.72 Å². The van der Waals surface area contributed by atoms with Crippen molar-refractivity contribution in [3.8, 4) is 11.4 Å². The molecule has 0 saturated carbocycles. The first-order valence-corrected chi connectivity index (χ1v) is 12.4. The molecule has 4 rings (SSSR count). The Bertz CT molecular complexity index is 1450. The van der Waals surface area contributed by atoms with Crippen LogP contribution in [0.5, 0.6) is 5.75 Å². The van der Waals surface area contributed by atoms with Crippen molar-refractivity contribution in [2.24, 2.45) is 0 Å². The number of nitrogens with zero attached hydrogens (tertiary/aromatic N) is 2. The number of amides is 1. The molecule has 0 aliphatic rings. The van der Waals surface area contributed by atoms with E-state index in [2.05, 4.69) is 26.1 Å². The standard InChI is InChI=1S/C28H29N3O3S/c1-18-10-6-9-13-23(18)31-26(33)20-11-7-8-12-21(20)30-27(31)35-17-25(32)29-22-16-19(28(2,3)4)14-15-24(22)34-5/h6-16H,17H2,1-5H3,(H,29,32). The third-order valence-corrected chi connectivity index (χ3v) is 6.71. The molecule has 0 unspecified atom stereocenters. The van der Waals surface area contributed by atoms with Crippen LogP contribution in [0.15, 0.2) is 76.7 Å². The molecule has 1 amide bonds. The van der Waals surface area contributed by atoms with E-state index >= 15 is 0 Å². The van der Waals surface area contributed by atoms with Crippen LogP contribution in [0, 0.1) is 6.92 Å². The minimum atomic E-state index is -0.210. The molecule has 0 saturated heterocycles. The SMILES string of the molecule is COc1ccc(C(C)(C)C)cc1NC(=O)CSc1nc2ccccc2c(=O)n1-c1ccccc1C. The number of rotatable bonds is 6. The van der Waals surface area contributed by atoms with Gasteiger partial charge in [-0.05, 0) is 53.8 Å². The Morgan fingerprint density at radius 2 is 1.77 bits per heavy atom. The number of thioether (sulfide) groups is 1. The molecular formula is C28H29N3O3S. The summed E-state index contributed by atoms with van der Waals surface area (Å²) in [6.45, 7) is 8.30. The van der Waals surface area contributed by atoms with Crippen LogP contribution in [0.2, 0.25) is 0 Å². The van der Waals surface area contributed by atoms with Crippen molar-refractivity contribution in [2.75, 3.05) is 18.2 Å². The Morgan fingerprint density at radius 3 is 2.49 bits per heavy atom. The summed E-state index contributed by atoms with van der Waals surface area (Å²) in [5, 5.41) is 3.97. The number of fused-ring (bicyclic) bond motifs is 1. The van der Waals surface area contributed by atoms with E-state index in [0.29, 0.717) is 27.5 Å². The van der Waals surface area contributed by atoms with Crippen molar-refractivity contribution in [3.05, 3.63) is 88.2 Å². The number of para-hydroxylation sites is 2. The summed E-state index contributed by atoms with van der Waals surface area (Å²) in [7, 11) is 1.58. The first-order valence-electron chi connectivity index (χ1n) is 11.4. The van der Waals surface area contributed by atoms with Gasteiger partial charge in [0.25, 0.3) is 5.56 Å². The average Bonchev–Trinajstić information content (AvgIpc) is 2.83. The van der Waals surface area contributed by atoms with E-state index in [1.807, 2.05) is 67.6 Å². The fourth-order valence-electron chi connectivity index (χ4n) is 3.82. The van der Waals surface area contributed by atoms with Gasteiger partial charge in [0.1, 0.15) is 5.75 Å². The van der Waals surface area contributed by atoms with Crippen LogP contribution < -0.4 is 15.6 Å². The summed E-state index contributed by atoms with van der Waals surface area (Å²) < 4.78 is 7.05. The minimum Gasteiger partial charge on any atom is -0.495 e. The largest absolute Gasteiger partial charge is 0.495 e. The topological polar surface area (TPSA) is 73.2 Å². The van der Waals surface area contributed by atoms with Crippen molar-refractivity contribution in [1.82, 2.24) is 9.55 Å². The van der Waals surface area contributed by atoms with Gasteiger partial charge in [-0.2, -0.15) is 0 Å². The highest BCUT2D eigenvalue weighted by Gasteiger charge is 2.19. The van der Waals surface area contributed by atoms with E-state index in [1.54, 1.807) is 17.7 Å². The number of aromatic nitrogens is 2. The molecular weight excluding hydrogens is 458 g/mol. The highest BCUT2D eigenvalue weighted by atomic mass is 32.2. The van der Waals surface area contributed by atoms with Crippen LogP contribution in [0.25, 0.3) is 16.6 Å². The Kier molecular flexibility index (Phi) is 6.98. The second-order valence-electron chi connectivity index (χ2n) is 9.34. The van der Waals surface area contributed by atoms with Gasteiger partial charge >= 0.3 is 0 Å². The lowest BCUT2D eigenvalue weighted by Gasteiger charge is -2.21. The zero-order valence-electron chi connectivity index (χ0n) is 20.6. The molecule has 4 aromatic rings. The molecule has 0 aliphatic heterocycles. The Balaban J connectivity index is 1.66. The first-order chi connectivity index (χ1) is 16.7. The summed E-state index contributed by atoms with van der Waals surface area (Å²) in [4.78, 5) is 31.2. The zero-order valence-corrected chi connectivity index (χ0v) is 21.4. The number of benzene rings is 3. The van der Waals surface area contributed by atoms with Crippen LogP contribution in [-0.4, -0.2) is 28.3 Å². The number of ether oxygens (including phenoxy) is 1. The minimum absolute atomic E-state index is 0.0703. The Hall–Kier alpha value is -3.58. The van der Waals surface area contributed by atoms with Gasteiger partial charge in [0, 0.05) is 0 Å². The lowest BCUT2D eigenvalue weighted by molar-refractivity contribution is -0.113. The number of hydrogen-bond donors (Lipinski definition) is 1. The molecule has 1 heterocycles. The maximum atomic E-state index is 13.4. The predicted molar refractivity (Wildman–Crippen MR) is 143 cm³/mol. The number of carbonyl (C=O) groups excluding carboxylic acids is 1. The van der Waals surface area contributed by atoms with Gasteiger partial charge in [-0.3, -0.25) is 14.2 Å². The summed E-state index contributed by atoms with van der Waals surface area (Å²) in [5.74, 6) is 0.467. The van der Waals surface area contributed by atoms with Gasteiger partial charge in [-0.25, -0.2) is 4.98 Å². The third-order valence-electron chi connectivity index (χ3n) is 5.77. The van der Waals surface area contributed by atoms with E-state index in [9.17, 15) is 9.59 Å². The maximum absolute atomic E-state index is 13.4. The number of hydrogen-bond acceptors (Lipinski definition) is 5. The van der Waals surface area contributed by atoms with Crippen LogP contribution in [0.3, 0.4) is 0 Å². The van der Waals surface area contributed by atoms with Gasteiger partial charge < -0.3 is 10.1 Å². The number of carbonyl (C=O) groups is 1. The third kappa shape index (κ3) is 5.25. The van der Waals surface area contributed by atoms with Crippen molar-refractivity contribution in [3.63, 3.8) is 0 Å². The first kappa shape index (κ1) is 24.5. The van der Waals surface area contributed by atoms with Crippen molar-refractivity contribution < 1.29 is 9.53 Å². The van der Waals surface area contributed by atoms with Gasteiger partial charge in [0.15, 0.2) is 5.16 Å². The molecule has 0 radical (unpaired) electrons. The lowest BCUT2D eigenvalue weighted by Crippen LogP contribution is -2.23. The lowest BCUT2D eigenvalue weighted by atomic mass is 9.87. The van der Waals surface area contributed by atoms with Crippen LogP contribution >= 0.6 is 11.8 Å². The van der Waals surface area contributed by atoms with E-state index in [-0.39, 0.29) is 22.6 Å². The Labute approximate surface area is 209 Å². The van der Waals surface area contributed by atoms with Crippen molar-refractivity contribution in [2.45, 2.75) is 38.3 Å². The highest BCUT2D eigenvalue weighted by Crippen LogP contribution is 2.32. The molecule has 180 valence electrons. The number of nitrogens with one attached hydrogen (secondary N) is 1. The van der Waals surface area contributed by atoms with Crippen LogP contribution in [0.4, 0.5) is 5.69 Å². The number of anilines is 1. The van der Waals surface area contributed by atoms with E-state index in [0.717, 1.165) is 16.8 Å². The van der Waals surface area contributed by atoms with Crippen LogP contribution in [0.1, 0.15) is 31.9 Å². The highest BCUT2D eigenvalue weighted by molar-refractivity contribution is 7.99. The summed E-state index contributed by atoms with van der Waals surface area (Å²) in [5.41, 5.74) is 3.77. The molecule has 6 nitrogen and oxygen atoms in total. The molecule has 1 N–H and O–H groups in total. The fraction of sp³-hybridized carbons (Fsp3) is 0.250. The zero-order chi connectivity index (χ0) is 25.2. The van der Waals surface area contributed by atoms with Crippen molar-refractivity contribution >= 4 is 34.3 Å². The molecule has 0 bridgehead atoms. The second-order valence-corrected chi connectivity index (χ2v) is 10.3. The quantitative estimate of drug-likeness (QED) is 0.278. The van der Waals surface area contributed by atoms with Crippen LogP contribution in [-0.2, 0) is 10.2 Å². The molecule has 35 heavy (non-hydrogen) atoms. The summed E-state index contributed by atoms with van der Waals surface area (Å²) >= 11 is 1.23. The number of methoxy groups -OCH3 is 1. The van der Waals surface area contributed by atoms with Gasteiger partial charge in [0.05, 0.1) is 35.1 Å². The van der Waals surface area contributed by atoms with Gasteiger partial charge in [-0.15, -0.1) is 0 Å². The Morgan fingerprint density at radius 1 is 1.06 bits per heavy atom.